The van der Waals surface area contributed by atoms with Crippen LogP contribution < -0.4 is 10.2 Å². The van der Waals surface area contributed by atoms with Gasteiger partial charge in [-0.25, -0.2) is 0 Å². The maximum atomic E-state index is 12.6. The molecule has 9 heteroatoms. The molecule has 0 aromatic rings. The molecule has 0 saturated carbocycles. The zero-order valence-electron chi connectivity index (χ0n) is 28.0. The van der Waals surface area contributed by atoms with Crippen LogP contribution in [0.4, 0.5) is 0 Å². The molecule has 0 spiro atoms. The van der Waals surface area contributed by atoms with Gasteiger partial charge in [0.2, 0.25) is 5.91 Å². The number of quaternary nitrogens is 1. The normalized spacial score (nSPS) is 15.1. The number of carbonyl (C=O) groups excluding carboxylic acids is 1. The van der Waals surface area contributed by atoms with E-state index in [1.807, 2.05) is 21.1 Å². The summed E-state index contributed by atoms with van der Waals surface area (Å²) < 4.78 is 23.0. The number of nitrogens with zero attached hydrogens (tertiary/aromatic N) is 1. The van der Waals surface area contributed by atoms with Gasteiger partial charge in [-0.2, -0.15) is 0 Å². The highest BCUT2D eigenvalue weighted by Gasteiger charge is 2.24. The van der Waals surface area contributed by atoms with Gasteiger partial charge >= 0.3 is 0 Å². The van der Waals surface area contributed by atoms with Crippen molar-refractivity contribution in [1.29, 1.82) is 0 Å². The molecule has 0 rings (SSSR count). The zero-order chi connectivity index (χ0) is 31.5. The van der Waals surface area contributed by atoms with E-state index in [1.54, 1.807) is 0 Å². The van der Waals surface area contributed by atoms with Gasteiger partial charge in [0.1, 0.15) is 13.2 Å². The molecule has 42 heavy (non-hydrogen) atoms. The second-order valence-electron chi connectivity index (χ2n) is 12.9. The molecule has 0 radical (unpaired) electrons. The van der Waals surface area contributed by atoms with Gasteiger partial charge in [-0.1, -0.05) is 116 Å². The number of aliphatic hydroxyl groups excluding tert-OH is 1. The Labute approximate surface area is 259 Å². The number of amides is 1. The van der Waals surface area contributed by atoms with Gasteiger partial charge in [0, 0.05) is 6.42 Å². The predicted molar refractivity (Wildman–Crippen MR) is 173 cm³/mol. The summed E-state index contributed by atoms with van der Waals surface area (Å²) in [7, 11) is 1.28. The standard InChI is InChI=1S/C33H67N2O6P/c1-6-8-10-12-14-16-17-19-20-22-24-26-32(36)31(30-41-42(38,39)40-29-28-35(3,4)5)34-33(37)27-25-23-21-18-15-13-11-9-7-2/h18,21,31-32,36H,6-17,19-20,22-30H2,1-5H3,(H-,34,37,38,39)/b21-18-. The first-order valence-corrected chi connectivity index (χ1v) is 18.5. The number of hydrogen-bond donors (Lipinski definition) is 2. The summed E-state index contributed by atoms with van der Waals surface area (Å²) in [5.74, 6) is -0.204. The fourth-order valence-corrected chi connectivity index (χ4v) is 5.41. The van der Waals surface area contributed by atoms with Crippen LogP contribution in [0.3, 0.4) is 0 Å². The summed E-state index contributed by atoms with van der Waals surface area (Å²) in [4.78, 5) is 25.0. The van der Waals surface area contributed by atoms with E-state index in [-0.39, 0.29) is 19.1 Å². The molecule has 0 aliphatic carbocycles. The molecule has 0 bridgehead atoms. The summed E-state index contributed by atoms with van der Waals surface area (Å²) in [6, 6.07) is -0.806. The molecule has 0 aliphatic heterocycles. The lowest BCUT2D eigenvalue weighted by Crippen LogP contribution is -2.46. The SMILES string of the molecule is CCCCCC/C=C\CCCC(=O)NC(COP(=O)([O-])OCC[N+](C)(C)C)C(O)CCCCCCCCCCCCC. The molecule has 0 aliphatic rings. The van der Waals surface area contributed by atoms with Gasteiger partial charge in [0.05, 0.1) is 39.9 Å². The van der Waals surface area contributed by atoms with Gasteiger partial charge in [-0.3, -0.25) is 9.36 Å². The van der Waals surface area contributed by atoms with Crippen LogP contribution in [-0.2, 0) is 18.4 Å². The number of phosphoric acid groups is 1. The highest BCUT2D eigenvalue weighted by molar-refractivity contribution is 7.45. The van der Waals surface area contributed by atoms with Crippen LogP contribution in [0.2, 0.25) is 0 Å². The van der Waals surface area contributed by atoms with E-state index in [9.17, 15) is 19.4 Å². The summed E-state index contributed by atoms with van der Waals surface area (Å²) in [6.45, 7) is 4.62. The van der Waals surface area contributed by atoms with Crippen LogP contribution in [0.5, 0.6) is 0 Å². The largest absolute Gasteiger partial charge is 0.756 e. The Morgan fingerprint density at radius 2 is 1.31 bits per heavy atom. The van der Waals surface area contributed by atoms with Crippen LogP contribution in [-0.4, -0.2) is 68.5 Å². The third-order valence-corrected chi connectivity index (χ3v) is 8.47. The van der Waals surface area contributed by atoms with E-state index in [0.29, 0.717) is 30.3 Å². The van der Waals surface area contributed by atoms with Crippen LogP contribution in [0.1, 0.15) is 142 Å². The lowest BCUT2D eigenvalue weighted by molar-refractivity contribution is -0.870. The minimum absolute atomic E-state index is 0.00865. The Morgan fingerprint density at radius 1 is 0.810 bits per heavy atom. The minimum Gasteiger partial charge on any atom is -0.756 e. The van der Waals surface area contributed by atoms with Gasteiger partial charge in [-0.15, -0.1) is 0 Å². The van der Waals surface area contributed by atoms with Crippen molar-refractivity contribution in [2.24, 2.45) is 0 Å². The van der Waals surface area contributed by atoms with Crippen molar-refractivity contribution in [3.05, 3.63) is 12.2 Å². The van der Waals surface area contributed by atoms with Crippen molar-refractivity contribution in [2.45, 2.75) is 154 Å². The van der Waals surface area contributed by atoms with Crippen molar-refractivity contribution in [1.82, 2.24) is 5.32 Å². The molecule has 2 N–H and O–H groups in total. The van der Waals surface area contributed by atoms with E-state index < -0.39 is 20.0 Å². The summed E-state index contributed by atoms with van der Waals surface area (Å²) >= 11 is 0. The first-order valence-electron chi connectivity index (χ1n) is 17.0. The van der Waals surface area contributed by atoms with E-state index >= 15 is 0 Å². The predicted octanol–water partition coefficient (Wildman–Crippen LogP) is 7.44. The molecule has 0 aromatic carbocycles. The number of likely N-dealkylation sites (N-methyl/N-ethyl adjacent to an activating group) is 1. The third-order valence-electron chi connectivity index (χ3n) is 7.50. The topological polar surface area (TPSA) is 108 Å². The summed E-state index contributed by atoms with van der Waals surface area (Å²) in [5.41, 5.74) is 0. The van der Waals surface area contributed by atoms with E-state index in [2.05, 4.69) is 31.3 Å². The summed E-state index contributed by atoms with van der Waals surface area (Å²) in [6.07, 6.45) is 25.1. The van der Waals surface area contributed by atoms with Gasteiger partial charge in [0.25, 0.3) is 7.82 Å². The molecule has 0 saturated heterocycles. The fourth-order valence-electron chi connectivity index (χ4n) is 4.69. The van der Waals surface area contributed by atoms with Crippen molar-refractivity contribution < 1.29 is 32.9 Å². The van der Waals surface area contributed by atoms with Crippen LogP contribution in [0.25, 0.3) is 0 Å². The average Bonchev–Trinajstić information content (AvgIpc) is 2.92. The number of unbranched alkanes of at least 4 members (excludes halogenated alkanes) is 15. The Hall–Kier alpha value is -0.760. The van der Waals surface area contributed by atoms with Crippen molar-refractivity contribution in [3.8, 4) is 0 Å². The molecule has 250 valence electrons. The van der Waals surface area contributed by atoms with E-state index in [0.717, 1.165) is 32.1 Å². The molecular weight excluding hydrogens is 551 g/mol. The number of nitrogens with one attached hydrogen (secondary N) is 1. The molecule has 8 nitrogen and oxygen atoms in total. The minimum atomic E-state index is -4.55. The number of aliphatic hydroxyl groups is 1. The quantitative estimate of drug-likeness (QED) is 0.0375. The fraction of sp³-hybridized carbons (Fsp3) is 0.909. The second kappa shape index (κ2) is 26.6. The highest BCUT2D eigenvalue weighted by atomic mass is 31.2. The second-order valence-corrected chi connectivity index (χ2v) is 14.3. The zero-order valence-corrected chi connectivity index (χ0v) is 28.9. The number of rotatable bonds is 30. The van der Waals surface area contributed by atoms with Crippen LogP contribution in [0, 0.1) is 0 Å². The first-order chi connectivity index (χ1) is 20.0. The molecule has 0 aromatic heterocycles. The lowest BCUT2D eigenvalue weighted by atomic mass is 10.0. The lowest BCUT2D eigenvalue weighted by Gasteiger charge is -2.30. The number of phosphoric ester groups is 1. The Bertz CT molecular complexity index is 713. The van der Waals surface area contributed by atoms with E-state index in [1.165, 1.54) is 77.0 Å². The Balaban J connectivity index is 4.59. The van der Waals surface area contributed by atoms with Gasteiger partial charge in [0.15, 0.2) is 0 Å². The number of hydrogen-bond acceptors (Lipinski definition) is 6. The first kappa shape index (κ1) is 41.2. The Morgan fingerprint density at radius 3 is 1.86 bits per heavy atom. The smallest absolute Gasteiger partial charge is 0.268 e. The van der Waals surface area contributed by atoms with Crippen molar-refractivity contribution in [3.63, 3.8) is 0 Å². The molecule has 0 heterocycles. The van der Waals surface area contributed by atoms with Gasteiger partial charge in [-0.05, 0) is 32.1 Å². The van der Waals surface area contributed by atoms with Crippen molar-refractivity contribution in [2.75, 3.05) is 40.9 Å². The summed E-state index contributed by atoms with van der Waals surface area (Å²) in [5, 5.41) is 13.7. The average molecular weight is 619 g/mol. The number of allylic oxidation sites excluding steroid dienone is 2. The highest BCUT2D eigenvalue weighted by Crippen LogP contribution is 2.38. The van der Waals surface area contributed by atoms with Crippen LogP contribution >= 0.6 is 7.82 Å². The molecular formula is C33H67N2O6P. The number of carbonyl (C=O) groups is 1. The monoisotopic (exact) mass is 618 g/mol. The molecule has 0 fully saturated rings. The van der Waals surface area contributed by atoms with Crippen molar-refractivity contribution >= 4 is 13.7 Å². The third kappa shape index (κ3) is 28.0. The maximum Gasteiger partial charge on any atom is 0.268 e. The van der Waals surface area contributed by atoms with Gasteiger partial charge < -0.3 is 28.8 Å². The van der Waals surface area contributed by atoms with Crippen LogP contribution in [0.15, 0.2) is 12.2 Å². The Kier molecular flexibility index (Phi) is 26.1. The molecule has 3 atom stereocenters. The maximum absolute atomic E-state index is 12.6. The van der Waals surface area contributed by atoms with E-state index in [4.69, 9.17) is 9.05 Å². The molecule has 3 unspecified atom stereocenters. The molecule has 1 amide bonds.